The van der Waals surface area contributed by atoms with Crippen LogP contribution in [-0.2, 0) is 6.54 Å². The van der Waals surface area contributed by atoms with E-state index in [2.05, 4.69) is 60.5 Å². The first-order valence-corrected chi connectivity index (χ1v) is 9.44. The SMILES string of the molecule is CN=C(NCc1cc(C(C)C)no1)NCC1(N(C)C)CCCC(C)C1.I. The van der Waals surface area contributed by atoms with Gasteiger partial charge in [0.15, 0.2) is 11.7 Å². The van der Waals surface area contributed by atoms with Crippen LogP contribution in [0.2, 0.25) is 0 Å². The zero-order valence-electron chi connectivity index (χ0n) is 17.1. The fraction of sp³-hybridized carbons (Fsp3) is 0.789. The number of likely N-dealkylation sites (N-methyl/N-ethyl adjacent to an activating group) is 1. The molecule has 0 spiro atoms. The Morgan fingerprint density at radius 1 is 1.42 bits per heavy atom. The lowest BCUT2D eigenvalue weighted by Crippen LogP contribution is -2.56. The molecule has 1 fully saturated rings. The summed E-state index contributed by atoms with van der Waals surface area (Å²) in [6.45, 7) is 8.08. The van der Waals surface area contributed by atoms with Crippen LogP contribution in [0.3, 0.4) is 0 Å². The molecule has 150 valence electrons. The van der Waals surface area contributed by atoms with Gasteiger partial charge in [-0.1, -0.05) is 38.8 Å². The van der Waals surface area contributed by atoms with E-state index in [4.69, 9.17) is 4.52 Å². The lowest BCUT2D eigenvalue weighted by atomic mass is 9.75. The van der Waals surface area contributed by atoms with Crippen molar-refractivity contribution in [2.75, 3.05) is 27.7 Å². The van der Waals surface area contributed by atoms with Crippen LogP contribution in [0.4, 0.5) is 0 Å². The van der Waals surface area contributed by atoms with Gasteiger partial charge in [0.1, 0.15) is 0 Å². The molecule has 0 aliphatic heterocycles. The zero-order valence-corrected chi connectivity index (χ0v) is 19.5. The van der Waals surface area contributed by atoms with E-state index in [0.29, 0.717) is 12.5 Å². The first kappa shape index (κ1) is 23.2. The highest BCUT2D eigenvalue weighted by atomic mass is 127. The molecule has 1 heterocycles. The second-order valence-corrected chi connectivity index (χ2v) is 7.97. The van der Waals surface area contributed by atoms with Crippen molar-refractivity contribution in [2.45, 2.75) is 64.5 Å². The van der Waals surface area contributed by atoms with E-state index in [0.717, 1.165) is 29.9 Å². The van der Waals surface area contributed by atoms with Crippen molar-refractivity contribution in [1.82, 2.24) is 20.7 Å². The van der Waals surface area contributed by atoms with E-state index in [9.17, 15) is 0 Å². The molecule has 1 saturated carbocycles. The number of rotatable bonds is 6. The number of guanidine groups is 1. The third-order valence-electron chi connectivity index (χ3n) is 5.42. The predicted molar refractivity (Wildman–Crippen MR) is 118 cm³/mol. The van der Waals surface area contributed by atoms with Crippen LogP contribution in [-0.4, -0.2) is 49.2 Å². The van der Waals surface area contributed by atoms with Gasteiger partial charge < -0.3 is 20.1 Å². The van der Waals surface area contributed by atoms with Gasteiger partial charge in [0.2, 0.25) is 0 Å². The fourth-order valence-corrected chi connectivity index (χ4v) is 3.68. The third-order valence-corrected chi connectivity index (χ3v) is 5.42. The summed E-state index contributed by atoms with van der Waals surface area (Å²) in [7, 11) is 6.19. The summed E-state index contributed by atoms with van der Waals surface area (Å²) >= 11 is 0. The molecule has 0 bridgehead atoms. The molecule has 1 aromatic heterocycles. The number of aromatic nitrogens is 1. The Hall–Kier alpha value is -0.830. The van der Waals surface area contributed by atoms with Crippen LogP contribution < -0.4 is 10.6 Å². The Morgan fingerprint density at radius 3 is 2.69 bits per heavy atom. The van der Waals surface area contributed by atoms with Crippen LogP contribution in [0, 0.1) is 5.92 Å². The molecule has 2 N–H and O–H groups in total. The van der Waals surface area contributed by atoms with Gasteiger partial charge >= 0.3 is 0 Å². The monoisotopic (exact) mass is 477 g/mol. The number of nitrogens with one attached hydrogen (secondary N) is 2. The summed E-state index contributed by atoms with van der Waals surface area (Å²) in [5.74, 6) is 2.79. The molecular formula is C19H36IN5O. The molecule has 2 unspecified atom stereocenters. The van der Waals surface area contributed by atoms with E-state index in [-0.39, 0.29) is 29.5 Å². The maximum Gasteiger partial charge on any atom is 0.191 e. The molecule has 0 saturated heterocycles. The van der Waals surface area contributed by atoms with E-state index in [1.165, 1.54) is 25.7 Å². The van der Waals surface area contributed by atoms with Crippen LogP contribution in [0.1, 0.15) is 63.8 Å². The number of aliphatic imine (C=N–C) groups is 1. The molecule has 1 aliphatic carbocycles. The molecule has 0 radical (unpaired) electrons. The molecule has 7 heteroatoms. The standard InChI is InChI=1S/C19H35N5O.HI/c1-14(2)17-10-16(25-23-17)12-21-18(20-4)22-13-19(24(5)6)9-7-8-15(3)11-19;/h10,14-15H,7-9,11-13H2,1-6H3,(H2,20,21,22);1H. The van der Waals surface area contributed by atoms with E-state index in [1.54, 1.807) is 7.05 Å². The first-order valence-electron chi connectivity index (χ1n) is 9.44. The number of hydrogen-bond donors (Lipinski definition) is 2. The average Bonchev–Trinajstić information content (AvgIpc) is 3.04. The summed E-state index contributed by atoms with van der Waals surface area (Å²) in [5, 5.41) is 10.9. The van der Waals surface area contributed by atoms with Crippen LogP contribution in [0.25, 0.3) is 0 Å². The van der Waals surface area contributed by atoms with Crippen molar-refractivity contribution in [2.24, 2.45) is 10.9 Å². The van der Waals surface area contributed by atoms with Gasteiger partial charge in [-0.3, -0.25) is 4.99 Å². The lowest BCUT2D eigenvalue weighted by molar-refractivity contribution is 0.0795. The molecule has 2 atom stereocenters. The normalized spacial score (nSPS) is 23.8. The lowest BCUT2D eigenvalue weighted by Gasteiger charge is -2.45. The average molecular weight is 477 g/mol. The first-order chi connectivity index (χ1) is 11.9. The minimum absolute atomic E-state index is 0. The minimum atomic E-state index is 0. The highest BCUT2D eigenvalue weighted by Crippen LogP contribution is 2.35. The van der Waals surface area contributed by atoms with Gasteiger partial charge in [-0.15, -0.1) is 24.0 Å². The summed E-state index contributed by atoms with van der Waals surface area (Å²) in [4.78, 5) is 6.74. The zero-order chi connectivity index (χ0) is 18.4. The van der Waals surface area contributed by atoms with Gasteiger partial charge in [-0.25, -0.2) is 0 Å². The minimum Gasteiger partial charge on any atom is -0.359 e. The van der Waals surface area contributed by atoms with E-state index >= 15 is 0 Å². The van der Waals surface area contributed by atoms with Crippen LogP contribution in [0.5, 0.6) is 0 Å². The molecule has 1 aliphatic rings. The van der Waals surface area contributed by atoms with Crippen molar-refractivity contribution < 1.29 is 4.52 Å². The molecule has 0 amide bonds. The number of nitrogens with zero attached hydrogens (tertiary/aromatic N) is 3. The van der Waals surface area contributed by atoms with Crippen molar-refractivity contribution >= 4 is 29.9 Å². The predicted octanol–water partition coefficient (Wildman–Crippen LogP) is 3.59. The number of hydrogen-bond acceptors (Lipinski definition) is 4. The Bertz CT molecular complexity index is 572. The topological polar surface area (TPSA) is 65.7 Å². The van der Waals surface area contributed by atoms with E-state index in [1.807, 2.05) is 6.07 Å². The number of halogens is 1. The molecule has 2 rings (SSSR count). The summed E-state index contributed by atoms with van der Waals surface area (Å²) in [5.41, 5.74) is 1.19. The second-order valence-electron chi connectivity index (χ2n) is 7.97. The molecule has 26 heavy (non-hydrogen) atoms. The molecule has 0 aromatic carbocycles. The van der Waals surface area contributed by atoms with Crippen molar-refractivity contribution in [3.05, 3.63) is 17.5 Å². The van der Waals surface area contributed by atoms with Gasteiger partial charge in [-0.2, -0.15) is 0 Å². The molecular weight excluding hydrogens is 441 g/mol. The van der Waals surface area contributed by atoms with Gasteiger partial charge in [0, 0.05) is 25.2 Å². The van der Waals surface area contributed by atoms with Crippen molar-refractivity contribution in [1.29, 1.82) is 0 Å². The summed E-state index contributed by atoms with van der Waals surface area (Å²) in [6, 6.07) is 2.01. The Labute approximate surface area is 175 Å². The van der Waals surface area contributed by atoms with Crippen LogP contribution in [0.15, 0.2) is 15.6 Å². The molecule has 1 aromatic rings. The van der Waals surface area contributed by atoms with Gasteiger partial charge in [0.05, 0.1) is 12.2 Å². The second kappa shape index (κ2) is 10.5. The van der Waals surface area contributed by atoms with Gasteiger partial charge in [-0.05, 0) is 38.8 Å². The van der Waals surface area contributed by atoms with Gasteiger partial charge in [0.25, 0.3) is 0 Å². The Morgan fingerprint density at radius 2 is 2.15 bits per heavy atom. The quantitative estimate of drug-likeness (QED) is 0.373. The third kappa shape index (κ3) is 6.11. The highest BCUT2D eigenvalue weighted by molar-refractivity contribution is 14.0. The highest BCUT2D eigenvalue weighted by Gasteiger charge is 2.36. The smallest absolute Gasteiger partial charge is 0.191 e. The van der Waals surface area contributed by atoms with Crippen LogP contribution >= 0.6 is 24.0 Å². The van der Waals surface area contributed by atoms with E-state index < -0.39 is 0 Å². The summed E-state index contributed by atoms with van der Waals surface area (Å²) in [6.07, 6.45) is 5.09. The maximum atomic E-state index is 5.38. The van der Waals surface area contributed by atoms with Crippen molar-refractivity contribution in [3.63, 3.8) is 0 Å². The Balaban J connectivity index is 0.00000338. The maximum absolute atomic E-state index is 5.38. The Kier molecular flexibility index (Phi) is 9.36. The summed E-state index contributed by atoms with van der Waals surface area (Å²) < 4.78 is 5.38. The van der Waals surface area contributed by atoms with Crippen molar-refractivity contribution in [3.8, 4) is 0 Å². The molecule has 6 nitrogen and oxygen atoms in total. The largest absolute Gasteiger partial charge is 0.359 e. The fourth-order valence-electron chi connectivity index (χ4n) is 3.68.